The molecule has 0 saturated carbocycles. The minimum absolute atomic E-state index is 0.629. The van der Waals surface area contributed by atoms with Gasteiger partial charge < -0.3 is 10.6 Å². The lowest BCUT2D eigenvalue weighted by molar-refractivity contribution is 0.812. The van der Waals surface area contributed by atoms with Crippen LogP contribution < -0.4 is 10.6 Å². The number of pyridine rings is 1. The van der Waals surface area contributed by atoms with Gasteiger partial charge in [-0.15, -0.1) is 0 Å². The van der Waals surface area contributed by atoms with Gasteiger partial charge in [0.05, 0.1) is 5.56 Å². The van der Waals surface area contributed by atoms with Gasteiger partial charge in [0, 0.05) is 25.0 Å². The van der Waals surface area contributed by atoms with E-state index in [4.69, 9.17) is 5.73 Å². The molecule has 20 heavy (non-hydrogen) atoms. The van der Waals surface area contributed by atoms with E-state index in [1.807, 2.05) is 44.2 Å². The zero-order chi connectivity index (χ0) is 14.5. The van der Waals surface area contributed by atoms with Crippen molar-refractivity contribution in [1.29, 1.82) is 5.26 Å². The van der Waals surface area contributed by atoms with Crippen LogP contribution in [0.3, 0.4) is 0 Å². The fraction of sp³-hybridized carbons (Fsp3) is 0.250. The number of rotatable bonds is 4. The third-order valence-electron chi connectivity index (χ3n) is 3.35. The average Bonchev–Trinajstić information content (AvgIpc) is 2.46. The van der Waals surface area contributed by atoms with Crippen molar-refractivity contribution in [3.05, 3.63) is 53.2 Å². The van der Waals surface area contributed by atoms with E-state index in [0.29, 0.717) is 12.1 Å². The lowest BCUT2D eigenvalue weighted by Gasteiger charge is -2.24. The Balaban J connectivity index is 2.37. The highest BCUT2D eigenvalue weighted by molar-refractivity contribution is 5.58. The molecule has 0 spiro atoms. The average molecular weight is 266 g/mol. The van der Waals surface area contributed by atoms with E-state index in [-0.39, 0.29) is 0 Å². The summed E-state index contributed by atoms with van der Waals surface area (Å²) in [6.07, 6.45) is 1.74. The van der Waals surface area contributed by atoms with E-state index in [1.54, 1.807) is 6.20 Å². The Kier molecular flexibility index (Phi) is 4.21. The summed E-state index contributed by atoms with van der Waals surface area (Å²) in [5, 5.41) is 9.32. The summed E-state index contributed by atoms with van der Waals surface area (Å²) in [5.41, 5.74) is 9.36. The first kappa shape index (κ1) is 13.9. The number of nitrogens with two attached hydrogens (primary N) is 1. The van der Waals surface area contributed by atoms with Gasteiger partial charge in [-0.1, -0.05) is 18.2 Å². The first-order valence-electron chi connectivity index (χ1n) is 6.61. The van der Waals surface area contributed by atoms with E-state index in [9.17, 15) is 5.26 Å². The van der Waals surface area contributed by atoms with Crippen molar-refractivity contribution in [2.24, 2.45) is 0 Å². The van der Waals surface area contributed by atoms with Crippen LogP contribution in [0, 0.1) is 18.3 Å². The molecular formula is C16H18N4. The lowest BCUT2D eigenvalue weighted by Crippen LogP contribution is -2.24. The summed E-state index contributed by atoms with van der Waals surface area (Å²) in [6, 6.07) is 11.9. The fourth-order valence-electron chi connectivity index (χ4n) is 2.14. The van der Waals surface area contributed by atoms with E-state index in [1.165, 1.54) is 0 Å². The third kappa shape index (κ3) is 2.72. The Morgan fingerprint density at radius 3 is 2.70 bits per heavy atom. The van der Waals surface area contributed by atoms with Crippen LogP contribution >= 0.6 is 0 Å². The van der Waals surface area contributed by atoms with Crippen LogP contribution in [0.15, 0.2) is 36.5 Å². The number of aromatic nitrogens is 1. The summed E-state index contributed by atoms with van der Waals surface area (Å²) in [4.78, 5) is 6.44. The Hall–Kier alpha value is -2.54. The minimum Gasteiger partial charge on any atom is -0.398 e. The molecule has 0 fully saturated rings. The van der Waals surface area contributed by atoms with Crippen molar-refractivity contribution >= 4 is 11.5 Å². The summed E-state index contributed by atoms with van der Waals surface area (Å²) in [6.45, 7) is 5.38. The number of nitriles is 1. The Morgan fingerprint density at radius 1 is 1.30 bits per heavy atom. The molecule has 0 aliphatic carbocycles. The molecule has 2 rings (SSSR count). The summed E-state index contributed by atoms with van der Waals surface area (Å²) < 4.78 is 0. The highest BCUT2D eigenvalue weighted by Crippen LogP contribution is 2.23. The quantitative estimate of drug-likeness (QED) is 0.864. The van der Waals surface area contributed by atoms with Gasteiger partial charge in [-0.05, 0) is 37.1 Å². The summed E-state index contributed by atoms with van der Waals surface area (Å²) in [5.74, 6) is 0.721. The second-order valence-electron chi connectivity index (χ2n) is 4.65. The third-order valence-corrected chi connectivity index (χ3v) is 3.35. The van der Waals surface area contributed by atoms with Crippen molar-refractivity contribution in [2.45, 2.75) is 20.4 Å². The van der Waals surface area contributed by atoms with E-state index >= 15 is 0 Å². The first-order chi connectivity index (χ1) is 9.67. The predicted octanol–water partition coefficient (Wildman–Crippen LogP) is 2.87. The predicted molar refractivity (Wildman–Crippen MR) is 81.3 cm³/mol. The molecule has 0 radical (unpaired) electrons. The molecule has 0 atom stereocenters. The van der Waals surface area contributed by atoms with Crippen LogP contribution in [-0.2, 0) is 6.54 Å². The second kappa shape index (κ2) is 6.07. The van der Waals surface area contributed by atoms with Gasteiger partial charge in [-0.2, -0.15) is 5.26 Å². The highest BCUT2D eigenvalue weighted by atomic mass is 15.2. The van der Waals surface area contributed by atoms with Crippen molar-refractivity contribution in [3.63, 3.8) is 0 Å². The normalized spacial score (nSPS) is 10.1. The van der Waals surface area contributed by atoms with E-state index in [0.717, 1.165) is 29.2 Å². The highest BCUT2D eigenvalue weighted by Gasteiger charge is 2.14. The number of para-hydroxylation sites is 1. The smallest absolute Gasteiger partial charge is 0.147 e. The van der Waals surface area contributed by atoms with Crippen LogP contribution in [0.25, 0.3) is 0 Å². The fourth-order valence-corrected chi connectivity index (χ4v) is 2.14. The van der Waals surface area contributed by atoms with Gasteiger partial charge in [0.15, 0.2) is 0 Å². The maximum atomic E-state index is 9.32. The van der Waals surface area contributed by atoms with Crippen molar-refractivity contribution in [2.75, 3.05) is 17.2 Å². The SMILES string of the molecule is CCN(Cc1ccccc1N)c1nccc(C)c1C#N. The zero-order valence-electron chi connectivity index (χ0n) is 11.8. The monoisotopic (exact) mass is 266 g/mol. The topological polar surface area (TPSA) is 65.9 Å². The number of nitrogens with zero attached hydrogens (tertiary/aromatic N) is 3. The van der Waals surface area contributed by atoms with Crippen molar-refractivity contribution < 1.29 is 0 Å². The molecule has 4 nitrogen and oxygen atoms in total. The standard InChI is InChI=1S/C16H18N4/c1-3-20(11-13-6-4-5-7-15(13)18)16-14(10-17)12(2)8-9-19-16/h4-9H,3,11,18H2,1-2H3. The molecule has 0 aliphatic heterocycles. The van der Waals surface area contributed by atoms with Gasteiger partial charge in [-0.3, -0.25) is 0 Å². The van der Waals surface area contributed by atoms with Crippen LogP contribution in [0.1, 0.15) is 23.6 Å². The van der Waals surface area contributed by atoms with Crippen molar-refractivity contribution in [3.8, 4) is 6.07 Å². The number of hydrogen-bond acceptors (Lipinski definition) is 4. The summed E-state index contributed by atoms with van der Waals surface area (Å²) >= 11 is 0. The number of aryl methyl sites for hydroxylation is 1. The van der Waals surface area contributed by atoms with Gasteiger partial charge in [0.2, 0.25) is 0 Å². The number of benzene rings is 1. The molecule has 1 heterocycles. The van der Waals surface area contributed by atoms with Crippen molar-refractivity contribution in [1.82, 2.24) is 4.98 Å². The molecule has 4 heteroatoms. The zero-order valence-corrected chi connectivity index (χ0v) is 11.8. The summed E-state index contributed by atoms with van der Waals surface area (Å²) in [7, 11) is 0. The van der Waals surface area contributed by atoms with E-state index < -0.39 is 0 Å². The Morgan fingerprint density at radius 2 is 2.05 bits per heavy atom. The Bertz CT molecular complexity index is 643. The molecule has 1 aromatic carbocycles. The molecule has 1 aromatic heterocycles. The largest absolute Gasteiger partial charge is 0.398 e. The number of hydrogen-bond donors (Lipinski definition) is 1. The lowest BCUT2D eigenvalue weighted by atomic mass is 10.1. The molecular weight excluding hydrogens is 248 g/mol. The number of nitrogen functional groups attached to an aromatic ring is 1. The van der Waals surface area contributed by atoms with Gasteiger partial charge in [0.25, 0.3) is 0 Å². The van der Waals surface area contributed by atoms with Gasteiger partial charge in [0.1, 0.15) is 11.9 Å². The van der Waals surface area contributed by atoms with Crippen LogP contribution in [0.4, 0.5) is 11.5 Å². The van der Waals surface area contributed by atoms with Gasteiger partial charge >= 0.3 is 0 Å². The molecule has 102 valence electrons. The second-order valence-corrected chi connectivity index (χ2v) is 4.65. The van der Waals surface area contributed by atoms with Crippen LogP contribution in [-0.4, -0.2) is 11.5 Å². The maximum absolute atomic E-state index is 9.32. The minimum atomic E-state index is 0.629. The molecule has 0 amide bonds. The van der Waals surface area contributed by atoms with Crippen LogP contribution in [0.5, 0.6) is 0 Å². The Labute approximate surface area is 119 Å². The van der Waals surface area contributed by atoms with E-state index in [2.05, 4.69) is 16.0 Å². The molecule has 0 aliphatic rings. The van der Waals surface area contributed by atoms with Gasteiger partial charge in [-0.25, -0.2) is 4.98 Å². The first-order valence-corrected chi connectivity index (χ1v) is 6.61. The molecule has 2 N–H and O–H groups in total. The molecule has 0 bridgehead atoms. The molecule has 2 aromatic rings. The molecule has 0 unspecified atom stereocenters. The number of anilines is 2. The maximum Gasteiger partial charge on any atom is 0.147 e. The van der Waals surface area contributed by atoms with Crippen LogP contribution in [0.2, 0.25) is 0 Å². The molecule has 0 saturated heterocycles.